The van der Waals surface area contributed by atoms with Crippen LogP contribution in [0, 0.1) is 24.7 Å². The minimum atomic E-state index is -0.820. The number of benzene rings is 1. The molecule has 1 fully saturated rings. The highest BCUT2D eigenvalue weighted by atomic mass is 32.1. The highest BCUT2D eigenvalue weighted by Gasteiger charge is 2.44. The molecule has 0 bridgehead atoms. The second kappa shape index (κ2) is 13.7. The molecule has 1 aromatic carbocycles. The van der Waals surface area contributed by atoms with Crippen LogP contribution >= 0.6 is 11.3 Å². The smallest absolute Gasteiger partial charge is 0.246 e. The molecule has 0 radical (unpaired) electrons. The van der Waals surface area contributed by atoms with Crippen molar-refractivity contribution in [3.63, 3.8) is 0 Å². The van der Waals surface area contributed by atoms with Gasteiger partial charge in [-0.15, -0.1) is 23.7 Å². The molecule has 0 spiro atoms. The summed E-state index contributed by atoms with van der Waals surface area (Å²) < 4.78 is 0. The molecule has 1 saturated heterocycles. The Kier molecular flexibility index (Phi) is 10.7. The molecule has 2 heterocycles. The summed E-state index contributed by atoms with van der Waals surface area (Å²) in [6, 6.07) is 6.29. The summed E-state index contributed by atoms with van der Waals surface area (Å²) in [6.45, 7) is 7.95. The number of β-amino-alcohol motifs (C(OH)–C–C–N with tert-alkyl or cyclic N) is 1. The Balaban J connectivity index is 1.61. The van der Waals surface area contributed by atoms with Gasteiger partial charge in [0.15, 0.2) is 0 Å². The lowest BCUT2D eigenvalue weighted by Crippen LogP contribution is -2.57. The van der Waals surface area contributed by atoms with Gasteiger partial charge in [0, 0.05) is 32.4 Å². The quantitative estimate of drug-likeness (QED) is 0.290. The van der Waals surface area contributed by atoms with Gasteiger partial charge in [0.2, 0.25) is 17.7 Å². The van der Waals surface area contributed by atoms with Crippen molar-refractivity contribution in [2.45, 2.75) is 91.0 Å². The van der Waals surface area contributed by atoms with Gasteiger partial charge in [-0.3, -0.25) is 14.4 Å². The van der Waals surface area contributed by atoms with Crippen LogP contribution in [0.4, 0.5) is 0 Å². The third-order valence-electron chi connectivity index (χ3n) is 6.94. The first-order chi connectivity index (χ1) is 18.5. The van der Waals surface area contributed by atoms with Crippen molar-refractivity contribution in [2.24, 2.45) is 5.41 Å². The van der Waals surface area contributed by atoms with Crippen LogP contribution in [0.5, 0.6) is 0 Å². The van der Waals surface area contributed by atoms with E-state index in [9.17, 15) is 19.5 Å². The van der Waals surface area contributed by atoms with Crippen LogP contribution in [0.2, 0.25) is 0 Å². The molecule has 0 saturated carbocycles. The van der Waals surface area contributed by atoms with E-state index in [0.717, 1.165) is 34.5 Å². The number of aliphatic hydroxyl groups is 1. The standard InChI is InChI=1S/C30H40N4O4S/c1-6-7-8-9-10-11-25(36)33-27(30(3,4)5)29(38)34-18-23(35)16-24(34)28(37)31-17-21-12-14-22(15-13-21)26-20(2)32-19-39-26/h1,12-15,19,23-24,27,35H,7-11,16-18H2,2-5H3,(H,31,37)(H,33,36). The van der Waals surface area contributed by atoms with E-state index in [0.29, 0.717) is 25.8 Å². The lowest BCUT2D eigenvalue weighted by molar-refractivity contribution is -0.144. The van der Waals surface area contributed by atoms with Gasteiger partial charge in [-0.05, 0) is 36.3 Å². The Morgan fingerprint density at radius 2 is 1.92 bits per heavy atom. The fourth-order valence-corrected chi connectivity index (χ4v) is 5.51. The number of unbranched alkanes of at least 4 members (excludes halogenated alkanes) is 3. The Morgan fingerprint density at radius 1 is 1.21 bits per heavy atom. The fourth-order valence-electron chi connectivity index (χ4n) is 4.70. The molecule has 2 aromatic rings. The molecule has 3 N–H and O–H groups in total. The maximum atomic E-state index is 13.6. The maximum absolute atomic E-state index is 13.6. The zero-order valence-electron chi connectivity index (χ0n) is 23.3. The van der Waals surface area contributed by atoms with E-state index in [1.807, 2.05) is 57.5 Å². The molecule has 3 rings (SSSR count). The number of nitrogens with zero attached hydrogens (tertiary/aromatic N) is 2. The first kappa shape index (κ1) is 30.3. The zero-order chi connectivity index (χ0) is 28.6. The largest absolute Gasteiger partial charge is 0.391 e. The Labute approximate surface area is 235 Å². The van der Waals surface area contributed by atoms with Crippen LogP contribution in [-0.4, -0.2) is 57.4 Å². The van der Waals surface area contributed by atoms with Crippen LogP contribution in [0.25, 0.3) is 10.4 Å². The molecule has 3 unspecified atom stereocenters. The molecular formula is C30H40N4O4S. The van der Waals surface area contributed by atoms with E-state index < -0.39 is 23.6 Å². The predicted octanol–water partition coefficient (Wildman–Crippen LogP) is 3.81. The molecule has 1 aliphatic rings. The molecule has 39 heavy (non-hydrogen) atoms. The van der Waals surface area contributed by atoms with E-state index in [1.165, 1.54) is 4.90 Å². The van der Waals surface area contributed by atoms with Gasteiger partial charge in [0.1, 0.15) is 12.1 Å². The molecule has 9 heteroatoms. The molecule has 0 aliphatic carbocycles. The SMILES string of the molecule is C#CCCCCCC(=O)NC(C(=O)N1CC(O)CC1C(=O)NCc1ccc(-c2scnc2C)cc1)C(C)(C)C. The number of rotatable bonds is 11. The third kappa shape index (κ3) is 8.38. The van der Waals surface area contributed by atoms with E-state index in [1.54, 1.807) is 11.3 Å². The summed E-state index contributed by atoms with van der Waals surface area (Å²) in [5, 5.41) is 16.2. The maximum Gasteiger partial charge on any atom is 0.246 e. The topological polar surface area (TPSA) is 112 Å². The summed E-state index contributed by atoms with van der Waals surface area (Å²) in [7, 11) is 0. The minimum Gasteiger partial charge on any atom is -0.391 e. The summed E-state index contributed by atoms with van der Waals surface area (Å²) in [5.74, 6) is 1.70. The Bertz CT molecular complexity index is 1180. The van der Waals surface area contributed by atoms with Crippen LogP contribution in [0.3, 0.4) is 0 Å². The summed E-state index contributed by atoms with van der Waals surface area (Å²) in [5.41, 5.74) is 4.22. The molecule has 3 amide bonds. The first-order valence-electron chi connectivity index (χ1n) is 13.5. The average Bonchev–Trinajstić information content (AvgIpc) is 3.50. The van der Waals surface area contributed by atoms with Crippen LogP contribution in [0.15, 0.2) is 29.8 Å². The van der Waals surface area contributed by atoms with Crippen molar-refractivity contribution in [1.29, 1.82) is 0 Å². The molecule has 1 aliphatic heterocycles. The number of amides is 3. The number of carbonyl (C=O) groups is 3. The summed E-state index contributed by atoms with van der Waals surface area (Å²) in [4.78, 5) is 46.3. The van der Waals surface area contributed by atoms with Crippen molar-refractivity contribution in [3.05, 3.63) is 41.0 Å². The minimum absolute atomic E-state index is 0.0500. The third-order valence-corrected chi connectivity index (χ3v) is 7.91. The highest BCUT2D eigenvalue weighted by Crippen LogP contribution is 2.28. The molecule has 3 atom stereocenters. The first-order valence-corrected chi connectivity index (χ1v) is 14.4. The molecule has 8 nitrogen and oxygen atoms in total. The van der Waals surface area contributed by atoms with E-state index in [-0.39, 0.29) is 30.7 Å². The molecule has 1 aromatic heterocycles. The van der Waals surface area contributed by atoms with Gasteiger partial charge in [-0.2, -0.15) is 0 Å². The van der Waals surface area contributed by atoms with E-state index in [2.05, 4.69) is 21.5 Å². The van der Waals surface area contributed by atoms with Crippen molar-refractivity contribution in [2.75, 3.05) is 6.54 Å². The predicted molar refractivity (Wildman–Crippen MR) is 154 cm³/mol. The van der Waals surface area contributed by atoms with Crippen molar-refractivity contribution in [1.82, 2.24) is 20.5 Å². The number of aliphatic hydroxyl groups excluding tert-OH is 1. The number of likely N-dealkylation sites (tertiary alicyclic amines) is 1. The van der Waals surface area contributed by atoms with Crippen molar-refractivity contribution >= 4 is 29.1 Å². The number of terminal acetylenes is 1. The number of aromatic nitrogens is 1. The highest BCUT2D eigenvalue weighted by molar-refractivity contribution is 7.13. The Morgan fingerprint density at radius 3 is 2.54 bits per heavy atom. The summed E-state index contributed by atoms with van der Waals surface area (Å²) in [6.07, 6.45) is 8.01. The fraction of sp³-hybridized carbons (Fsp3) is 0.533. The van der Waals surface area contributed by atoms with Gasteiger partial charge < -0.3 is 20.6 Å². The molecular weight excluding hydrogens is 512 g/mol. The lowest BCUT2D eigenvalue weighted by Gasteiger charge is -2.35. The molecule has 210 valence electrons. The lowest BCUT2D eigenvalue weighted by atomic mass is 9.85. The normalized spacial score (nSPS) is 17.9. The van der Waals surface area contributed by atoms with Crippen LogP contribution in [0.1, 0.15) is 70.6 Å². The number of aryl methyl sites for hydroxylation is 1. The zero-order valence-corrected chi connectivity index (χ0v) is 24.1. The van der Waals surface area contributed by atoms with Crippen LogP contribution < -0.4 is 10.6 Å². The van der Waals surface area contributed by atoms with E-state index in [4.69, 9.17) is 6.42 Å². The van der Waals surface area contributed by atoms with Gasteiger partial charge in [0.05, 0.1) is 22.2 Å². The number of carbonyl (C=O) groups excluding carboxylic acids is 3. The number of thiazole rings is 1. The van der Waals surface area contributed by atoms with Crippen molar-refractivity contribution in [3.8, 4) is 22.8 Å². The van der Waals surface area contributed by atoms with Gasteiger partial charge in [0.25, 0.3) is 0 Å². The van der Waals surface area contributed by atoms with Gasteiger partial charge in [-0.1, -0.05) is 51.5 Å². The monoisotopic (exact) mass is 552 g/mol. The average molecular weight is 553 g/mol. The van der Waals surface area contributed by atoms with Crippen molar-refractivity contribution < 1.29 is 19.5 Å². The number of hydrogen-bond acceptors (Lipinski definition) is 6. The Hall–Kier alpha value is -3.22. The number of hydrogen-bond donors (Lipinski definition) is 3. The van der Waals surface area contributed by atoms with E-state index >= 15 is 0 Å². The summed E-state index contributed by atoms with van der Waals surface area (Å²) >= 11 is 1.59. The second-order valence-electron chi connectivity index (χ2n) is 11.2. The van der Waals surface area contributed by atoms with Gasteiger partial charge in [-0.25, -0.2) is 4.98 Å². The number of nitrogens with one attached hydrogen (secondary N) is 2. The second-order valence-corrected chi connectivity index (χ2v) is 12.1. The van der Waals surface area contributed by atoms with Gasteiger partial charge >= 0.3 is 0 Å². The van der Waals surface area contributed by atoms with Crippen LogP contribution in [-0.2, 0) is 20.9 Å².